The minimum Gasteiger partial charge on any atom is -0.504 e. The smallest absolute Gasteiger partial charge is 0.328 e. The van der Waals surface area contributed by atoms with Crippen molar-refractivity contribution >= 4 is 23.6 Å². The summed E-state index contributed by atoms with van der Waals surface area (Å²) in [5.74, 6) is -4.19. The zero-order valence-electron chi connectivity index (χ0n) is 20.9. The Morgan fingerprint density at radius 2 is 1.11 bits per heavy atom. The van der Waals surface area contributed by atoms with Gasteiger partial charge < -0.3 is 35.8 Å². The zero-order valence-corrected chi connectivity index (χ0v) is 39.9. The molecule has 2 atom stereocenters. The van der Waals surface area contributed by atoms with E-state index in [4.69, 9.17) is 0 Å². The molecule has 0 fully saturated rings. The molecule has 2 unspecified atom stereocenters. The van der Waals surface area contributed by atoms with Crippen LogP contribution in [0.2, 0.25) is 0 Å². The van der Waals surface area contributed by atoms with E-state index in [1.165, 1.54) is 43.3 Å². The molecule has 2 aromatic rings. The van der Waals surface area contributed by atoms with Gasteiger partial charge in [0.1, 0.15) is 12.5 Å². The SMILES string of the molecule is COC(=O)C(Cc1ccc(O)c(O)c1)NC(=O)CC(=O)NC(Cc1ccc(O)c(O)c1)C(C)=O.[Ac].[Ac].[Ac].[Ac]. The fourth-order valence-electron chi connectivity index (χ4n) is 3.13. The van der Waals surface area contributed by atoms with Gasteiger partial charge in [-0.1, -0.05) is 12.1 Å². The molecule has 0 aliphatic rings. The Hall–Kier alpha value is 1.49. The first-order chi connectivity index (χ1) is 16.0. The number of methoxy groups -OCH3 is 1. The molecule has 0 saturated carbocycles. The second-order valence-electron chi connectivity index (χ2n) is 7.61. The van der Waals surface area contributed by atoms with E-state index >= 15 is 0 Å². The molecule has 11 nitrogen and oxygen atoms in total. The number of hydrogen-bond donors (Lipinski definition) is 6. The number of nitrogens with one attached hydrogen (secondary N) is 2. The van der Waals surface area contributed by atoms with Gasteiger partial charge in [-0.25, -0.2) is 4.79 Å². The van der Waals surface area contributed by atoms with Crippen molar-refractivity contribution < 1.29 is 221 Å². The van der Waals surface area contributed by atoms with Crippen LogP contribution in [0, 0.1) is 176 Å². The maximum atomic E-state index is 12.4. The van der Waals surface area contributed by atoms with E-state index in [-0.39, 0.29) is 212 Å². The summed E-state index contributed by atoms with van der Waals surface area (Å²) < 4.78 is 4.68. The molecular weight excluding hydrogens is 1360 g/mol. The van der Waals surface area contributed by atoms with Gasteiger partial charge in [-0.05, 0) is 48.7 Å². The summed E-state index contributed by atoms with van der Waals surface area (Å²) in [5.41, 5.74) is 0.896. The van der Waals surface area contributed by atoms with Gasteiger partial charge in [0.05, 0.1) is 13.2 Å². The summed E-state index contributed by atoms with van der Waals surface area (Å²) in [6, 6.07) is 5.73. The summed E-state index contributed by atoms with van der Waals surface area (Å²) in [4.78, 5) is 48.8. The second kappa shape index (κ2) is 22.1. The average Bonchev–Trinajstić information content (AvgIpc) is 2.77. The van der Waals surface area contributed by atoms with E-state index < -0.39 is 42.0 Å². The Morgan fingerprint density at radius 1 is 0.711 bits per heavy atom. The van der Waals surface area contributed by atoms with Crippen LogP contribution in [0.25, 0.3) is 0 Å². The van der Waals surface area contributed by atoms with Crippen LogP contribution in [0.15, 0.2) is 36.4 Å². The number of aromatic hydroxyl groups is 4. The van der Waals surface area contributed by atoms with Crippen LogP contribution >= 0.6 is 0 Å². The van der Waals surface area contributed by atoms with Gasteiger partial charge in [-0.2, -0.15) is 0 Å². The normalized spacial score (nSPS) is 11.0. The Bertz CT molecular complexity index is 1100. The summed E-state index contributed by atoms with van der Waals surface area (Å²) in [6.07, 6.45) is -0.737. The van der Waals surface area contributed by atoms with E-state index in [0.717, 1.165) is 7.11 Å². The van der Waals surface area contributed by atoms with Crippen molar-refractivity contribution in [1.82, 2.24) is 10.6 Å². The molecule has 0 saturated heterocycles. The van der Waals surface area contributed by atoms with Crippen molar-refractivity contribution in [3.63, 3.8) is 0 Å². The van der Waals surface area contributed by atoms with E-state index in [9.17, 15) is 39.6 Å². The molecule has 2 rings (SSSR count). The van der Waals surface area contributed by atoms with Gasteiger partial charge in [0.25, 0.3) is 0 Å². The van der Waals surface area contributed by atoms with Crippen LogP contribution in [0.5, 0.6) is 23.0 Å². The van der Waals surface area contributed by atoms with Crippen molar-refractivity contribution in [2.24, 2.45) is 0 Å². The number of carbonyl (C=O) groups excluding carboxylic acids is 4. The summed E-state index contributed by atoms with van der Waals surface area (Å²) in [7, 11) is 1.13. The fraction of sp³-hybridized carbons (Fsp3) is 0.304. The van der Waals surface area contributed by atoms with Crippen LogP contribution < -0.4 is 10.6 Å². The van der Waals surface area contributed by atoms with Crippen molar-refractivity contribution in [2.45, 2.75) is 38.3 Å². The van der Waals surface area contributed by atoms with Gasteiger partial charge >= 0.3 is 5.97 Å². The van der Waals surface area contributed by atoms with Gasteiger partial charge in [0.15, 0.2) is 28.8 Å². The van der Waals surface area contributed by atoms with Crippen LogP contribution in [0.4, 0.5) is 0 Å². The first kappa shape index (κ1) is 43.9. The summed E-state index contributed by atoms with van der Waals surface area (Å²) in [6.45, 7) is 1.26. The van der Waals surface area contributed by atoms with Crippen molar-refractivity contribution in [3.05, 3.63) is 47.5 Å². The number of Topliss-reactive ketones (excluding diaryl/α,β-unsaturated/α-hetero) is 1. The minimum absolute atomic E-state index is 0. The number of phenols is 4. The Balaban J connectivity index is -0.00000306. The molecule has 6 N–H and O–H groups in total. The molecular formula is C23H26Ac4N2O9. The van der Waals surface area contributed by atoms with Gasteiger partial charge in [-0.3, -0.25) is 14.4 Å². The summed E-state index contributed by atoms with van der Waals surface area (Å²) >= 11 is 0. The predicted octanol–water partition coefficient (Wildman–Crippen LogP) is 0.416. The number of hydrogen-bond acceptors (Lipinski definition) is 9. The molecule has 194 valence electrons. The molecule has 0 bridgehead atoms. The Kier molecular flexibility index (Phi) is 25.5. The van der Waals surface area contributed by atoms with Crippen molar-refractivity contribution in [1.29, 1.82) is 0 Å². The first-order valence-corrected chi connectivity index (χ1v) is 10.2. The fourth-order valence-corrected chi connectivity index (χ4v) is 3.13. The molecule has 0 heterocycles. The van der Waals surface area contributed by atoms with E-state index in [2.05, 4.69) is 15.4 Å². The van der Waals surface area contributed by atoms with Crippen molar-refractivity contribution in [3.8, 4) is 23.0 Å². The van der Waals surface area contributed by atoms with Crippen LogP contribution in [-0.2, 0) is 36.8 Å². The molecule has 0 aliphatic heterocycles. The number of carbonyl (C=O) groups is 4. The molecule has 2 aromatic carbocycles. The number of benzene rings is 2. The molecule has 4 radical (unpaired) electrons. The molecule has 0 spiro atoms. The van der Waals surface area contributed by atoms with E-state index in [1.807, 2.05) is 0 Å². The molecule has 0 aromatic heterocycles. The number of ketones is 1. The zero-order chi connectivity index (χ0) is 25.4. The van der Waals surface area contributed by atoms with Gasteiger partial charge in [0, 0.05) is 183 Å². The van der Waals surface area contributed by atoms with Crippen LogP contribution in [0.3, 0.4) is 0 Å². The predicted molar refractivity (Wildman–Crippen MR) is 118 cm³/mol. The number of phenolic OH excluding ortho intramolecular Hbond substituents is 4. The standard InChI is InChI=1S/C23H26N2O9.4Ac/c1-12(26)15(7-13-3-5-17(27)19(29)9-13)24-21(31)11-22(32)25-16(23(33)34-2)8-14-4-6-18(28)20(30)10-14;;;;/h3-6,9-10,15-16,27-30H,7-8,11H2,1-2H3,(H,24,31)(H,25,32);;;;. The number of esters is 1. The van der Waals surface area contributed by atoms with Crippen LogP contribution in [0.1, 0.15) is 24.5 Å². The molecule has 2 amide bonds. The minimum atomic E-state index is -1.17. The van der Waals surface area contributed by atoms with E-state index in [1.54, 1.807) is 0 Å². The monoisotopic (exact) mass is 1380 g/mol. The maximum absolute atomic E-state index is 12.4. The van der Waals surface area contributed by atoms with Gasteiger partial charge in [0.2, 0.25) is 11.8 Å². The summed E-state index contributed by atoms with van der Waals surface area (Å²) in [5, 5.41) is 42.8. The largest absolute Gasteiger partial charge is 0.504 e. The number of rotatable bonds is 10. The molecule has 15 heteroatoms. The third kappa shape index (κ3) is 15.1. The van der Waals surface area contributed by atoms with Gasteiger partial charge in [-0.15, -0.1) is 0 Å². The van der Waals surface area contributed by atoms with Crippen molar-refractivity contribution in [2.75, 3.05) is 7.11 Å². The Labute approximate surface area is 363 Å². The maximum Gasteiger partial charge on any atom is 0.328 e. The van der Waals surface area contributed by atoms with Crippen LogP contribution in [-0.4, -0.2) is 63.2 Å². The molecule has 38 heavy (non-hydrogen) atoms. The second-order valence-corrected chi connectivity index (χ2v) is 7.61. The molecule has 0 aliphatic carbocycles. The average molecular weight is 1380 g/mol. The topological polar surface area (TPSA) is 182 Å². The third-order valence-electron chi connectivity index (χ3n) is 4.93. The Morgan fingerprint density at radius 3 is 1.47 bits per heavy atom. The van der Waals surface area contributed by atoms with E-state index in [0.29, 0.717) is 11.1 Å². The number of amides is 2. The number of ether oxygens (including phenoxy) is 1. The quantitative estimate of drug-likeness (QED) is 0.112. The first-order valence-electron chi connectivity index (χ1n) is 10.2. The third-order valence-corrected chi connectivity index (χ3v) is 4.93.